The van der Waals surface area contributed by atoms with Gasteiger partial charge in [0.2, 0.25) is 0 Å². The molecule has 0 radical (unpaired) electrons. The third-order valence-corrected chi connectivity index (χ3v) is 5.57. The predicted octanol–water partition coefficient (Wildman–Crippen LogP) is 3.17. The zero-order valence-electron chi connectivity index (χ0n) is 19.7. The average molecular weight is 453 g/mol. The summed E-state index contributed by atoms with van der Waals surface area (Å²) in [6, 6.07) is 9.05. The lowest BCUT2D eigenvalue weighted by molar-refractivity contribution is 0.0986. The van der Waals surface area contributed by atoms with Gasteiger partial charge in [-0.3, -0.25) is 19.1 Å². The van der Waals surface area contributed by atoms with E-state index in [2.05, 4.69) is 10.1 Å². The second kappa shape index (κ2) is 10.3. The van der Waals surface area contributed by atoms with Gasteiger partial charge in [-0.15, -0.1) is 0 Å². The Labute approximate surface area is 192 Å². The number of aryl methyl sites for hydroxylation is 2. The van der Waals surface area contributed by atoms with E-state index >= 15 is 0 Å². The van der Waals surface area contributed by atoms with Crippen LogP contribution in [-0.2, 0) is 6.54 Å². The summed E-state index contributed by atoms with van der Waals surface area (Å²) < 4.78 is 3.14. The number of hydrogen-bond donors (Lipinski definition) is 2. The van der Waals surface area contributed by atoms with Crippen LogP contribution in [0.4, 0.5) is 11.5 Å². The largest absolute Gasteiger partial charge is 0.383 e. The van der Waals surface area contributed by atoms with Gasteiger partial charge in [-0.2, -0.15) is 5.10 Å². The highest BCUT2D eigenvalue weighted by Gasteiger charge is 2.25. The normalized spacial score (nSPS) is 11.0. The number of nitrogens with one attached hydrogen (secondary N) is 1. The van der Waals surface area contributed by atoms with E-state index in [4.69, 9.17) is 5.73 Å². The van der Waals surface area contributed by atoms with Gasteiger partial charge in [0.25, 0.3) is 11.5 Å². The number of benzene rings is 1. The second-order valence-corrected chi connectivity index (χ2v) is 8.19. The van der Waals surface area contributed by atoms with Crippen LogP contribution in [0.2, 0.25) is 0 Å². The number of amides is 1. The fourth-order valence-electron chi connectivity index (χ4n) is 3.80. The number of nitrogens with two attached hydrogens (primary N) is 1. The molecule has 0 spiro atoms. The minimum Gasteiger partial charge on any atom is -0.383 e. The minimum absolute atomic E-state index is 0.0147. The van der Waals surface area contributed by atoms with Crippen molar-refractivity contribution in [2.75, 3.05) is 17.2 Å². The first kappa shape index (κ1) is 24.0. The van der Waals surface area contributed by atoms with Gasteiger partial charge in [0.1, 0.15) is 5.82 Å². The first-order chi connectivity index (χ1) is 15.8. The van der Waals surface area contributed by atoms with Crippen molar-refractivity contribution in [3.63, 3.8) is 0 Å². The van der Waals surface area contributed by atoms with Gasteiger partial charge < -0.3 is 10.6 Å². The quantitative estimate of drug-likeness (QED) is 0.517. The zero-order chi connectivity index (χ0) is 24.1. The molecule has 3 rings (SSSR count). The predicted molar refractivity (Wildman–Crippen MR) is 130 cm³/mol. The topological polar surface area (TPSA) is 119 Å². The summed E-state index contributed by atoms with van der Waals surface area (Å²) in [6.07, 6.45) is 3.10. The standard InChI is InChI=1S/C24H32N6O3/c1-5-7-13-28(20-21(25)29(14-8-6-2)24(33)26-22(20)31)23(32)18-9-11-19(12-10-18)30-17(4)15-16(3)27-30/h9-12,15H,5-8,13-14,25H2,1-4H3,(H,26,31,33). The summed E-state index contributed by atoms with van der Waals surface area (Å²) in [5.41, 5.74) is 8.22. The Morgan fingerprint density at radius 2 is 1.76 bits per heavy atom. The Balaban J connectivity index is 2.01. The Kier molecular flexibility index (Phi) is 7.52. The molecule has 0 saturated carbocycles. The van der Waals surface area contributed by atoms with Crippen molar-refractivity contribution in [3.05, 3.63) is 68.1 Å². The molecule has 33 heavy (non-hydrogen) atoms. The van der Waals surface area contributed by atoms with Crippen molar-refractivity contribution in [3.8, 4) is 5.69 Å². The van der Waals surface area contributed by atoms with E-state index in [0.717, 1.165) is 36.3 Å². The number of anilines is 2. The Bertz CT molecular complexity index is 1240. The average Bonchev–Trinajstić information content (AvgIpc) is 3.13. The van der Waals surface area contributed by atoms with Crippen molar-refractivity contribution in [1.29, 1.82) is 0 Å². The number of carbonyl (C=O) groups is 1. The van der Waals surface area contributed by atoms with E-state index in [1.54, 1.807) is 12.1 Å². The lowest BCUT2D eigenvalue weighted by Crippen LogP contribution is -2.41. The van der Waals surface area contributed by atoms with Crippen molar-refractivity contribution in [2.45, 2.75) is 59.9 Å². The van der Waals surface area contributed by atoms with E-state index < -0.39 is 11.2 Å². The second-order valence-electron chi connectivity index (χ2n) is 8.19. The highest BCUT2D eigenvalue weighted by Crippen LogP contribution is 2.21. The van der Waals surface area contributed by atoms with Gasteiger partial charge in [0, 0.05) is 24.3 Å². The fraction of sp³-hybridized carbons (Fsp3) is 0.417. The fourth-order valence-corrected chi connectivity index (χ4v) is 3.80. The van der Waals surface area contributed by atoms with Gasteiger partial charge in [-0.1, -0.05) is 26.7 Å². The minimum atomic E-state index is -0.658. The summed E-state index contributed by atoms with van der Waals surface area (Å²) in [5, 5.41) is 4.47. The van der Waals surface area contributed by atoms with E-state index in [1.807, 2.05) is 50.6 Å². The highest BCUT2D eigenvalue weighted by molar-refractivity contribution is 6.07. The molecular weight excluding hydrogens is 420 g/mol. The molecule has 9 heteroatoms. The van der Waals surface area contributed by atoms with Crippen LogP contribution in [0.3, 0.4) is 0 Å². The molecule has 1 amide bonds. The number of H-pyrrole nitrogens is 1. The van der Waals surface area contributed by atoms with Crippen molar-refractivity contribution < 1.29 is 4.79 Å². The Morgan fingerprint density at radius 3 is 2.33 bits per heavy atom. The van der Waals surface area contributed by atoms with E-state index in [-0.39, 0.29) is 17.4 Å². The van der Waals surface area contributed by atoms with E-state index in [0.29, 0.717) is 25.1 Å². The number of hydrogen-bond acceptors (Lipinski definition) is 5. The maximum atomic E-state index is 13.5. The summed E-state index contributed by atoms with van der Waals surface area (Å²) in [7, 11) is 0. The van der Waals surface area contributed by atoms with Crippen LogP contribution < -0.4 is 21.9 Å². The third-order valence-electron chi connectivity index (χ3n) is 5.57. The SMILES string of the molecule is CCCCN(C(=O)c1ccc(-n2nc(C)cc2C)cc1)c1c(N)n(CCCC)c(=O)[nH]c1=O. The molecular formula is C24H32N6O3. The number of carbonyl (C=O) groups excluding carboxylic acids is 1. The maximum absolute atomic E-state index is 13.5. The van der Waals surface area contributed by atoms with Gasteiger partial charge in [0.15, 0.2) is 5.69 Å². The molecule has 3 N–H and O–H groups in total. The van der Waals surface area contributed by atoms with Crippen LogP contribution in [-0.4, -0.2) is 31.8 Å². The highest BCUT2D eigenvalue weighted by atomic mass is 16.2. The summed E-state index contributed by atoms with van der Waals surface area (Å²) in [5.74, 6) is -0.331. The summed E-state index contributed by atoms with van der Waals surface area (Å²) >= 11 is 0. The molecule has 2 aromatic heterocycles. The van der Waals surface area contributed by atoms with Crippen LogP contribution in [0.25, 0.3) is 5.69 Å². The Hall–Kier alpha value is -3.62. The maximum Gasteiger partial charge on any atom is 0.330 e. The molecule has 0 aliphatic carbocycles. The molecule has 3 aromatic rings. The number of aromatic nitrogens is 4. The number of aromatic amines is 1. The van der Waals surface area contributed by atoms with Gasteiger partial charge >= 0.3 is 5.69 Å². The number of nitrogen functional groups attached to an aromatic ring is 1. The van der Waals surface area contributed by atoms with Crippen LogP contribution >= 0.6 is 0 Å². The molecule has 0 aliphatic heterocycles. The van der Waals surface area contributed by atoms with Gasteiger partial charge in [0.05, 0.1) is 11.4 Å². The van der Waals surface area contributed by atoms with Crippen LogP contribution in [0, 0.1) is 13.8 Å². The van der Waals surface area contributed by atoms with Crippen molar-refractivity contribution >= 4 is 17.4 Å². The summed E-state index contributed by atoms with van der Waals surface area (Å²) in [6.45, 7) is 8.58. The summed E-state index contributed by atoms with van der Waals surface area (Å²) in [4.78, 5) is 42.3. The molecule has 0 saturated heterocycles. The third kappa shape index (κ3) is 5.08. The van der Waals surface area contributed by atoms with E-state index in [1.165, 1.54) is 9.47 Å². The van der Waals surface area contributed by atoms with Gasteiger partial charge in [-0.25, -0.2) is 9.48 Å². The molecule has 9 nitrogen and oxygen atoms in total. The lowest BCUT2D eigenvalue weighted by atomic mass is 10.1. The molecule has 0 atom stereocenters. The monoisotopic (exact) mass is 452 g/mol. The first-order valence-electron chi connectivity index (χ1n) is 11.4. The number of unbranched alkanes of at least 4 members (excludes halogenated alkanes) is 2. The molecule has 2 heterocycles. The van der Waals surface area contributed by atoms with Crippen LogP contribution in [0.5, 0.6) is 0 Å². The lowest BCUT2D eigenvalue weighted by Gasteiger charge is -2.24. The Morgan fingerprint density at radius 1 is 1.09 bits per heavy atom. The first-order valence-corrected chi connectivity index (χ1v) is 11.4. The van der Waals surface area contributed by atoms with Gasteiger partial charge in [-0.05, 0) is 57.0 Å². The molecule has 176 valence electrons. The zero-order valence-corrected chi connectivity index (χ0v) is 19.7. The van der Waals surface area contributed by atoms with Crippen molar-refractivity contribution in [1.82, 2.24) is 19.3 Å². The molecule has 1 aromatic carbocycles. The number of rotatable bonds is 9. The molecule has 0 unspecified atom stereocenters. The molecule has 0 fully saturated rings. The smallest absolute Gasteiger partial charge is 0.330 e. The molecule has 0 bridgehead atoms. The van der Waals surface area contributed by atoms with Crippen molar-refractivity contribution in [2.24, 2.45) is 0 Å². The van der Waals surface area contributed by atoms with Crippen LogP contribution in [0.1, 0.15) is 61.3 Å². The van der Waals surface area contributed by atoms with E-state index in [9.17, 15) is 14.4 Å². The van der Waals surface area contributed by atoms with Crippen LogP contribution in [0.15, 0.2) is 39.9 Å². The number of nitrogens with zero attached hydrogens (tertiary/aromatic N) is 4. The molecule has 0 aliphatic rings.